The number of hydrogen-bond acceptors (Lipinski definition) is 2. The molecule has 0 bridgehead atoms. The average molecular weight is 260 g/mol. The number of benzene rings is 1. The highest BCUT2D eigenvalue weighted by atomic mass is 15.1. The first-order chi connectivity index (χ1) is 9.19. The minimum atomic E-state index is 0.905. The van der Waals surface area contributed by atoms with Crippen LogP contribution in [0.5, 0.6) is 0 Å². The lowest BCUT2D eigenvalue weighted by molar-refractivity contribution is 0.271. The SMILES string of the molecule is CCCC1CCCN(Cc2ccc(N)c(C)c2)CC1. The lowest BCUT2D eigenvalue weighted by atomic mass is 9.96. The molecule has 2 heteroatoms. The molecule has 0 radical (unpaired) electrons. The van der Waals surface area contributed by atoms with Crippen molar-refractivity contribution in [2.24, 2.45) is 5.92 Å². The van der Waals surface area contributed by atoms with Crippen LogP contribution in [0.4, 0.5) is 5.69 Å². The number of nitrogen functional groups attached to an aromatic ring is 1. The van der Waals surface area contributed by atoms with Crippen molar-refractivity contribution in [2.45, 2.75) is 52.5 Å². The maximum absolute atomic E-state index is 5.88. The van der Waals surface area contributed by atoms with Crippen LogP contribution in [-0.2, 0) is 6.54 Å². The van der Waals surface area contributed by atoms with Gasteiger partial charge in [-0.15, -0.1) is 0 Å². The average Bonchev–Trinajstić information content (AvgIpc) is 2.60. The second-order valence-corrected chi connectivity index (χ2v) is 6.05. The summed E-state index contributed by atoms with van der Waals surface area (Å²) in [7, 11) is 0. The second-order valence-electron chi connectivity index (χ2n) is 6.05. The van der Waals surface area contributed by atoms with Crippen molar-refractivity contribution in [2.75, 3.05) is 18.8 Å². The summed E-state index contributed by atoms with van der Waals surface area (Å²) in [5.74, 6) is 0.961. The zero-order valence-electron chi connectivity index (χ0n) is 12.5. The molecule has 0 aliphatic carbocycles. The predicted molar refractivity (Wildman–Crippen MR) is 83.1 cm³/mol. The zero-order valence-corrected chi connectivity index (χ0v) is 12.5. The summed E-state index contributed by atoms with van der Waals surface area (Å²) in [6, 6.07) is 6.46. The third-order valence-electron chi connectivity index (χ3n) is 4.38. The van der Waals surface area contributed by atoms with Crippen LogP contribution in [-0.4, -0.2) is 18.0 Å². The van der Waals surface area contributed by atoms with E-state index < -0.39 is 0 Å². The van der Waals surface area contributed by atoms with Gasteiger partial charge in [-0.3, -0.25) is 4.90 Å². The highest BCUT2D eigenvalue weighted by Crippen LogP contribution is 2.23. The fourth-order valence-electron chi connectivity index (χ4n) is 3.17. The van der Waals surface area contributed by atoms with Crippen LogP contribution in [0.1, 0.15) is 50.2 Å². The van der Waals surface area contributed by atoms with Crippen LogP contribution in [0.2, 0.25) is 0 Å². The van der Waals surface area contributed by atoms with E-state index in [-0.39, 0.29) is 0 Å². The number of rotatable bonds is 4. The minimum Gasteiger partial charge on any atom is -0.399 e. The van der Waals surface area contributed by atoms with Gasteiger partial charge >= 0.3 is 0 Å². The molecule has 2 N–H and O–H groups in total. The van der Waals surface area contributed by atoms with Crippen LogP contribution in [0.15, 0.2) is 18.2 Å². The Hall–Kier alpha value is -1.02. The molecule has 1 atom stereocenters. The molecular formula is C17H28N2. The third-order valence-corrected chi connectivity index (χ3v) is 4.38. The van der Waals surface area contributed by atoms with Gasteiger partial charge in [0.15, 0.2) is 0 Å². The summed E-state index contributed by atoms with van der Waals surface area (Å²) in [6.45, 7) is 8.00. The molecule has 0 amide bonds. The Morgan fingerprint density at radius 1 is 1.26 bits per heavy atom. The molecule has 1 unspecified atom stereocenters. The van der Waals surface area contributed by atoms with Gasteiger partial charge in [0.2, 0.25) is 0 Å². The van der Waals surface area contributed by atoms with Crippen LogP contribution in [0.25, 0.3) is 0 Å². The van der Waals surface area contributed by atoms with Crippen molar-refractivity contribution in [1.29, 1.82) is 0 Å². The molecule has 2 rings (SSSR count). The molecule has 1 aliphatic heterocycles. The lowest BCUT2D eigenvalue weighted by Crippen LogP contribution is -2.24. The first-order valence-electron chi connectivity index (χ1n) is 7.76. The molecule has 1 aromatic rings. The van der Waals surface area contributed by atoms with Gasteiger partial charge < -0.3 is 5.73 Å². The second kappa shape index (κ2) is 6.95. The van der Waals surface area contributed by atoms with Gasteiger partial charge in [-0.1, -0.05) is 31.9 Å². The lowest BCUT2D eigenvalue weighted by Gasteiger charge is -2.20. The smallest absolute Gasteiger partial charge is 0.0343 e. The van der Waals surface area contributed by atoms with Gasteiger partial charge in [0.1, 0.15) is 0 Å². The molecule has 1 saturated heterocycles. The fraction of sp³-hybridized carbons (Fsp3) is 0.647. The van der Waals surface area contributed by atoms with E-state index in [1.54, 1.807) is 0 Å². The number of nitrogens with two attached hydrogens (primary N) is 1. The van der Waals surface area contributed by atoms with Gasteiger partial charge in [0, 0.05) is 12.2 Å². The standard InChI is InChI=1S/C17H28N2/c1-3-5-15-6-4-10-19(11-9-15)13-16-7-8-17(18)14(2)12-16/h7-8,12,15H,3-6,9-11,13,18H2,1-2H3. The van der Waals surface area contributed by atoms with E-state index in [2.05, 4.69) is 30.9 Å². The van der Waals surface area contributed by atoms with Gasteiger partial charge in [-0.05, 0) is 62.4 Å². The maximum atomic E-state index is 5.88. The van der Waals surface area contributed by atoms with Crippen LogP contribution < -0.4 is 5.73 Å². The Morgan fingerprint density at radius 2 is 2.11 bits per heavy atom. The van der Waals surface area contributed by atoms with E-state index in [9.17, 15) is 0 Å². The number of nitrogens with zero attached hydrogens (tertiary/aromatic N) is 1. The first kappa shape index (κ1) is 14.4. The molecule has 1 aliphatic rings. The Kier molecular flexibility index (Phi) is 5.26. The zero-order chi connectivity index (χ0) is 13.7. The summed E-state index contributed by atoms with van der Waals surface area (Å²) in [5.41, 5.74) is 9.40. The van der Waals surface area contributed by atoms with Crippen LogP contribution in [0, 0.1) is 12.8 Å². The van der Waals surface area contributed by atoms with Crippen LogP contribution >= 0.6 is 0 Å². The highest BCUT2D eigenvalue weighted by Gasteiger charge is 2.16. The molecule has 1 fully saturated rings. The van der Waals surface area contributed by atoms with Gasteiger partial charge in [-0.2, -0.15) is 0 Å². The van der Waals surface area contributed by atoms with E-state index in [4.69, 9.17) is 5.73 Å². The number of likely N-dealkylation sites (tertiary alicyclic amines) is 1. The van der Waals surface area contributed by atoms with Gasteiger partial charge in [0.25, 0.3) is 0 Å². The van der Waals surface area contributed by atoms with Crippen molar-refractivity contribution >= 4 is 5.69 Å². The van der Waals surface area contributed by atoms with Gasteiger partial charge in [-0.25, -0.2) is 0 Å². The molecule has 19 heavy (non-hydrogen) atoms. The topological polar surface area (TPSA) is 29.3 Å². The van der Waals surface area contributed by atoms with Crippen molar-refractivity contribution < 1.29 is 0 Å². The molecule has 0 spiro atoms. The molecule has 1 heterocycles. The maximum Gasteiger partial charge on any atom is 0.0343 e. The Balaban J connectivity index is 1.90. The number of aryl methyl sites for hydroxylation is 1. The summed E-state index contributed by atoms with van der Waals surface area (Å²) in [4.78, 5) is 2.61. The van der Waals surface area contributed by atoms with E-state index in [0.717, 1.165) is 18.2 Å². The Morgan fingerprint density at radius 3 is 2.84 bits per heavy atom. The third kappa shape index (κ3) is 4.24. The monoisotopic (exact) mass is 260 g/mol. The van der Waals surface area contributed by atoms with Crippen molar-refractivity contribution in [3.8, 4) is 0 Å². The molecule has 0 saturated carbocycles. The van der Waals surface area contributed by atoms with Gasteiger partial charge in [0.05, 0.1) is 0 Å². The minimum absolute atomic E-state index is 0.905. The fourth-order valence-corrected chi connectivity index (χ4v) is 3.17. The Labute approximate surface area is 118 Å². The predicted octanol–water partition coefficient (Wildman–Crippen LogP) is 3.98. The summed E-state index contributed by atoms with van der Waals surface area (Å²) in [6.07, 6.45) is 6.90. The normalized spacial score (nSPS) is 21.3. The summed E-state index contributed by atoms with van der Waals surface area (Å²) >= 11 is 0. The first-order valence-corrected chi connectivity index (χ1v) is 7.76. The van der Waals surface area contributed by atoms with E-state index in [1.165, 1.54) is 56.3 Å². The molecule has 106 valence electrons. The van der Waals surface area contributed by atoms with E-state index >= 15 is 0 Å². The Bertz CT molecular complexity index is 400. The quantitative estimate of drug-likeness (QED) is 0.830. The molecule has 0 aromatic heterocycles. The highest BCUT2D eigenvalue weighted by molar-refractivity contribution is 5.47. The van der Waals surface area contributed by atoms with Crippen molar-refractivity contribution in [1.82, 2.24) is 4.90 Å². The summed E-state index contributed by atoms with van der Waals surface area (Å²) in [5, 5.41) is 0. The van der Waals surface area contributed by atoms with Crippen LogP contribution in [0.3, 0.4) is 0 Å². The summed E-state index contributed by atoms with van der Waals surface area (Å²) < 4.78 is 0. The molecular weight excluding hydrogens is 232 g/mol. The number of anilines is 1. The van der Waals surface area contributed by atoms with E-state index in [0.29, 0.717) is 0 Å². The molecule has 1 aromatic carbocycles. The van der Waals surface area contributed by atoms with Crippen molar-refractivity contribution in [3.05, 3.63) is 29.3 Å². The van der Waals surface area contributed by atoms with E-state index in [1.807, 2.05) is 6.07 Å². The van der Waals surface area contributed by atoms with Crippen molar-refractivity contribution in [3.63, 3.8) is 0 Å². The largest absolute Gasteiger partial charge is 0.399 e. The molecule has 2 nitrogen and oxygen atoms in total. The number of hydrogen-bond donors (Lipinski definition) is 1.